The minimum absolute atomic E-state index is 0.00143. The van der Waals surface area contributed by atoms with E-state index in [0.717, 1.165) is 0 Å². The van der Waals surface area contributed by atoms with Crippen molar-refractivity contribution in [1.29, 1.82) is 0 Å². The topological polar surface area (TPSA) is 129 Å². The summed E-state index contributed by atoms with van der Waals surface area (Å²) in [7, 11) is 0. The van der Waals surface area contributed by atoms with E-state index in [-0.39, 0.29) is 36.4 Å². The number of fused-ring (bicyclic) bond motifs is 3. The second-order valence-electron chi connectivity index (χ2n) is 8.61. The van der Waals surface area contributed by atoms with Crippen LogP contribution in [-0.2, 0) is 33.3 Å². The van der Waals surface area contributed by atoms with Crippen molar-refractivity contribution >= 4 is 17.9 Å². The molecular weight excluding hydrogens is 408 g/mol. The summed E-state index contributed by atoms with van der Waals surface area (Å²) in [5, 5.41) is 22.3. The molecule has 9 heteroatoms. The smallest absolute Gasteiger partial charge is 0.343 e. The van der Waals surface area contributed by atoms with Crippen LogP contribution in [0.4, 0.5) is 0 Å². The van der Waals surface area contributed by atoms with Gasteiger partial charge in [0, 0.05) is 30.9 Å². The van der Waals surface area contributed by atoms with E-state index in [1.807, 2.05) is 0 Å². The molecule has 0 spiro atoms. The van der Waals surface area contributed by atoms with Crippen LogP contribution in [0.2, 0.25) is 0 Å². The average Bonchev–Trinajstić information content (AvgIpc) is 3.14. The predicted octanol–water partition coefficient (Wildman–Crippen LogP) is 1.58. The predicted molar refractivity (Wildman–Crippen MR) is 106 cm³/mol. The number of rotatable bonds is 4. The second kappa shape index (κ2) is 7.89. The molecule has 9 nitrogen and oxygen atoms in total. The van der Waals surface area contributed by atoms with Gasteiger partial charge in [0.15, 0.2) is 5.79 Å². The first kappa shape index (κ1) is 23.2. The van der Waals surface area contributed by atoms with Crippen LogP contribution in [0, 0.1) is 0 Å². The summed E-state index contributed by atoms with van der Waals surface area (Å²) < 4.78 is 21.9. The molecule has 4 unspecified atom stereocenters. The van der Waals surface area contributed by atoms with Gasteiger partial charge < -0.3 is 29.2 Å². The molecule has 0 aliphatic carbocycles. The van der Waals surface area contributed by atoms with Gasteiger partial charge in [-0.15, -0.1) is 0 Å². The summed E-state index contributed by atoms with van der Waals surface area (Å²) in [4.78, 5) is 36.5. The Morgan fingerprint density at radius 3 is 2.55 bits per heavy atom. The van der Waals surface area contributed by atoms with Crippen molar-refractivity contribution in [3.8, 4) is 0 Å². The summed E-state index contributed by atoms with van der Waals surface area (Å²) in [5.41, 5.74) is -2.38. The van der Waals surface area contributed by atoms with Crippen molar-refractivity contribution in [3.05, 3.63) is 34.6 Å². The molecule has 3 aliphatic rings. The van der Waals surface area contributed by atoms with Crippen LogP contribution in [0.1, 0.15) is 53.9 Å². The SMILES string of the molecule is C/C=C(\C)C(=O)OC1CC(C)(O)C2(O)CCC(C)(/C=C3/OC(=O)C(COC(C)=O)=C31)O2. The van der Waals surface area contributed by atoms with Gasteiger partial charge in [-0.05, 0) is 40.2 Å². The van der Waals surface area contributed by atoms with Gasteiger partial charge in [0.2, 0.25) is 0 Å². The molecule has 3 aliphatic heterocycles. The third-order valence-corrected chi connectivity index (χ3v) is 6.01. The zero-order valence-corrected chi connectivity index (χ0v) is 18.3. The van der Waals surface area contributed by atoms with Crippen LogP contribution in [0.5, 0.6) is 0 Å². The summed E-state index contributed by atoms with van der Waals surface area (Å²) >= 11 is 0. The van der Waals surface area contributed by atoms with Crippen molar-refractivity contribution in [1.82, 2.24) is 0 Å². The molecule has 31 heavy (non-hydrogen) atoms. The number of carbonyl (C=O) groups excluding carboxylic acids is 3. The zero-order chi connectivity index (χ0) is 23.2. The van der Waals surface area contributed by atoms with Crippen molar-refractivity contribution in [2.75, 3.05) is 6.61 Å². The Bertz CT molecular complexity index is 910. The molecule has 0 aromatic heterocycles. The maximum Gasteiger partial charge on any atom is 0.343 e. The van der Waals surface area contributed by atoms with Crippen LogP contribution < -0.4 is 0 Å². The van der Waals surface area contributed by atoms with Gasteiger partial charge in [-0.1, -0.05) is 6.08 Å². The lowest BCUT2D eigenvalue weighted by atomic mass is 9.82. The minimum atomic E-state index is -1.90. The Kier molecular flexibility index (Phi) is 5.90. The molecule has 3 heterocycles. The number of aliphatic hydroxyl groups is 2. The molecular formula is C22H28O9. The molecule has 1 saturated heterocycles. The highest BCUT2D eigenvalue weighted by Gasteiger charge is 2.58. The van der Waals surface area contributed by atoms with Crippen LogP contribution in [0.3, 0.4) is 0 Å². The van der Waals surface area contributed by atoms with Gasteiger partial charge in [0.25, 0.3) is 0 Å². The largest absolute Gasteiger partial charge is 0.461 e. The van der Waals surface area contributed by atoms with Gasteiger partial charge in [-0.25, -0.2) is 9.59 Å². The third kappa shape index (κ3) is 4.30. The van der Waals surface area contributed by atoms with Gasteiger partial charge in [-0.3, -0.25) is 4.79 Å². The van der Waals surface area contributed by atoms with Crippen molar-refractivity contribution in [2.24, 2.45) is 0 Å². The monoisotopic (exact) mass is 436 g/mol. The highest BCUT2D eigenvalue weighted by molar-refractivity contribution is 5.96. The standard InChI is InChI=1S/C22H28O9/c1-6-12(2)18(24)29-16-10-21(5,26)22(27)8-7-20(4,31-22)9-15-17(16)14(19(25)30-15)11-28-13(3)23/h6,9,16,26-27H,7-8,10-11H2,1-5H3/b12-6+,15-9+. The summed E-state index contributed by atoms with van der Waals surface area (Å²) in [6.07, 6.45) is 2.13. The summed E-state index contributed by atoms with van der Waals surface area (Å²) in [6.45, 7) is 7.13. The number of hydrogen-bond donors (Lipinski definition) is 2. The van der Waals surface area contributed by atoms with E-state index in [1.165, 1.54) is 19.9 Å². The Balaban J connectivity index is 2.17. The second-order valence-corrected chi connectivity index (χ2v) is 8.61. The van der Waals surface area contributed by atoms with E-state index >= 15 is 0 Å². The lowest BCUT2D eigenvalue weighted by molar-refractivity contribution is -0.298. The molecule has 3 rings (SSSR count). The van der Waals surface area contributed by atoms with Crippen LogP contribution in [0.25, 0.3) is 0 Å². The fourth-order valence-corrected chi connectivity index (χ4v) is 3.97. The molecule has 1 fully saturated rings. The molecule has 0 saturated carbocycles. The molecule has 170 valence electrons. The molecule has 0 radical (unpaired) electrons. The molecule has 2 bridgehead atoms. The highest BCUT2D eigenvalue weighted by Crippen LogP contribution is 2.49. The Hall–Kier alpha value is -2.49. The summed E-state index contributed by atoms with van der Waals surface area (Å²) in [5.74, 6) is -3.82. The number of esters is 3. The molecule has 0 amide bonds. The summed E-state index contributed by atoms with van der Waals surface area (Å²) in [6, 6.07) is 0. The molecule has 0 aromatic rings. The maximum absolute atomic E-state index is 12.6. The van der Waals surface area contributed by atoms with Crippen molar-refractivity contribution in [2.45, 2.75) is 77.0 Å². The lowest BCUT2D eigenvalue weighted by Crippen LogP contribution is -2.54. The van der Waals surface area contributed by atoms with E-state index in [4.69, 9.17) is 18.9 Å². The van der Waals surface area contributed by atoms with Gasteiger partial charge in [-0.2, -0.15) is 0 Å². The lowest BCUT2D eigenvalue weighted by Gasteiger charge is -2.40. The Morgan fingerprint density at radius 2 is 1.94 bits per heavy atom. The average molecular weight is 436 g/mol. The maximum atomic E-state index is 12.6. The van der Waals surface area contributed by atoms with Crippen LogP contribution in [-0.4, -0.2) is 57.8 Å². The van der Waals surface area contributed by atoms with Gasteiger partial charge in [0.05, 0.1) is 11.2 Å². The Labute approximate surface area is 180 Å². The number of carbonyl (C=O) groups is 3. The van der Waals surface area contributed by atoms with Crippen molar-refractivity contribution < 1.29 is 43.5 Å². The quantitative estimate of drug-likeness (QED) is 0.383. The fourth-order valence-electron chi connectivity index (χ4n) is 3.97. The van der Waals surface area contributed by atoms with E-state index in [9.17, 15) is 24.6 Å². The third-order valence-electron chi connectivity index (χ3n) is 6.01. The van der Waals surface area contributed by atoms with Crippen molar-refractivity contribution in [3.63, 3.8) is 0 Å². The normalized spacial score (nSPS) is 37.1. The molecule has 0 aromatic carbocycles. The van der Waals surface area contributed by atoms with Gasteiger partial charge in [0.1, 0.15) is 24.1 Å². The highest BCUT2D eigenvalue weighted by atomic mass is 16.7. The van der Waals surface area contributed by atoms with Gasteiger partial charge >= 0.3 is 17.9 Å². The zero-order valence-electron chi connectivity index (χ0n) is 18.3. The van der Waals surface area contributed by atoms with E-state index in [1.54, 1.807) is 26.8 Å². The van der Waals surface area contributed by atoms with E-state index in [0.29, 0.717) is 12.0 Å². The fraction of sp³-hybridized carbons (Fsp3) is 0.591. The van der Waals surface area contributed by atoms with Crippen LogP contribution >= 0.6 is 0 Å². The van der Waals surface area contributed by atoms with E-state index in [2.05, 4.69) is 0 Å². The molecule has 2 N–H and O–H groups in total. The van der Waals surface area contributed by atoms with Crippen LogP contribution in [0.15, 0.2) is 34.6 Å². The first-order chi connectivity index (χ1) is 14.3. The molecule has 4 atom stereocenters. The number of allylic oxidation sites excluding steroid dienone is 1. The Morgan fingerprint density at radius 1 is 1.26 bits per heavy atom. The van der Waals surface area contributed by atoms with E-state index < -0.39 is 41.0 Å². The first-order valence-electron chi connectivity index (χ1n) is 10.1. The number of hydrogen-bond acceptors (Lipinski definition) is 9. The minimum Gasteiger partial charge on any atom is -0.461 e. The first-order valence-corrected chi connectivity index (χ1v) is 10.1. The number of ether oxygens (including phenoxy) is 4.